The van der Waals surface area contributed by atoms with E-state index in [2.05, 4.69) is 5.32 Å². The van der Waals surface area contributed by atoms with Gasteiger partial charge in [-0.25, -0.2) is 0 Å². The maximum absolute atomic E-state index is 12.3. The number of carbonyl (C=O) groups is 1. The molecule has 2 aromatic rings. The van der Waals surface area contributed by atoms with E-state index in [1.807, 2.05) is 32.0 Å². The topological polar surface area (TPSA) is 38.3 Å². The maximum atomic E-state index is 12.3. The predicted octanol–water partition coefficient (Wildman–Crippen LogP) is 4.87. The minimum atomic E-state index is -0.272. The molecular weight excluding hydrogens is 309 g/mol. The van der Waals surface area contributed by atoms with E-state index >= 15 is 0 Å². The fourth-order valence-corrected chi connectivity index (χ4v) is 2.78. The van der Waals surface area contributed by atoms with Crippen LogP contribution in [0.2, 0.25) is 10.0 Å². The maximum Gasteiger partial charge on any atom is 0.255 e. The number of benzene rings is 2. The van der Waals surface area contributed by atoms with Crippen molar-refractivity contribution < 1.29 is 9.53 Å². The summed E-state index contributed by atoms with van der Waals surface area (Å²) in [6, 6.07) is 8.90. The van der Waals surface area contributed by atoms with Crippen molar-refractivity contribution in [1.29, 1.82) is 0 Å². The summed E-state index contributed by atoms with van der Waals surface area (Å²) < 4.78 is 5.06. The fraction of sp³-hybridized carbons (Fsp3) is 0.188. The molecule has 0 radical (unpaired) electrons. The zero-order chi connectivity index (χ0) is 15.6. The van der Waals surface area contributed by atoms with Gasteiger partial charge in [0.05, 0.1) is 17.2 Å². The minimum absolute atomic E-state index is 0.272. The molecule has 1 amide bonds. The molecule has 0 fully saturated rings. The molecule has 0 spiro atoms. The molecule has 0 saturated carbocycles. The fourth-order valence-electron chi connectivity index (χ4n) is 2.14. The first-order valence-corrected chi connectivity index (χ1v) is 7.09. The highest BCUT2D eigenvalue weighted by Crippen LogP contribution is 2.34. The number of nitrogens with one attached hydrogen (secondary N) is 1. The summed E-state index contributed by atoms with van der Waals surface area (Å²) in [6.45, 7) is 3.95. The van der Waals surface area contributed by atoms with E-state index < -0.39 is 0 Å². The quantitative estimate of drug-likeness (QED) is 0.874. The Morgan fingerprint density at radius 1 is 1.00 bits per heavy atom. The van der Waals surface area contributed by atoms with Crippen molar-refractivity contribution in [2.45, 2.75) is 13.8 Å². The molecule has 1 N–H and O–H groups in total. The Kier molecular flexibility index (Phi) is 4.76. The molecule has 0 unspecified atom stereocenters. The van der Waals surface area contributed by atoms with Crippen LogP contribution in [0.3, 0.4) is 0 Å². The van der Waals surface area contributed by atoms with Gasteiger partial charge in [0, 0.05) is 11.3 Å². The van der Waals surface area contributed by atoms with Gasteiger partial charge in [-0.2, -0.15) is 0 Å². The van der Waals surface area contributed by atoms with E-state index in [4.69, 9.17) is 27.9 Å². The number of hydrogen-bond donors (Lipinski definition) is 1. The molecule has 0 aliphatic carbocycles. The number of aryl methyl sites for hydroxylation is 2. The van der Waals surface area contributed by atoms with Crippen LogP contribution in [0.4, 0.5) is 5.69 Å². The molecule has 5 heteroatoms. The summed E-state index contributed by atoms with van der Waals surface area (Å²) in [6.07, 6.45) is 0. The summed E-state index contributed by atoms with van der Waals surface area (Å²) in [5.74, 6) is 0.0905. The Morgan fingerprint density at radius 3 is 2.00 bits per heavy atom. The van der Waals surface area contributed by atoms with Gasteiger partial charge in [0.1, 0.15) is 0 Å². The summed E-state index contributed by atoms with van der Waals surface area (Å²) in [7, 11) is 1.47. The third-order valence-electron chi connectivity index (χ3n) is 2.94. The van der Waals surface area contributed by atoms with Crippen molar-refractivity contribution in [3.05, 3.63) is 57.1 Å². The molecular formula is C16H15Cl2NO2. The second-order valence-electron chi connectivity index (χ2n) is 4.80. The average molecular weight is 324 g/mol. The molecule has 3 nitrogen and oxygen atoms in total. The van der Waals surface area contributed by atoms with Crippen molar-refractivity contribution in [3.8, 4) is 5.75 Å². The van der Waals surface area contributed by atoms with Crippen molar-refractivity contribution in [2.24, 2.45) is 0 Å². The lowest BCUT2D eigenvalue weighted by atomic mass is 10.1. The third kappa shape index (κ3) is 3.69. The van der Waals surface area contributed by atoms with Gasteiger partial charge in [0.2, 0.25) is 0 Å². The van der Waals surface area contributed by atoms with E-state index in [1.165, 1.54) is 19.2 Å². The predicted molar refractivity (Wildman–Crippen MR) is 86.9 cm³/mol. The van der Waals surface area contributed by atoms with Crippen LogP contribution in [-0.4, -0.2) is 13.0 Å². The second kappa shape index (κ2) is 6.37. The highest BCUT2D eigenvalue weighted by atomic mass is 35.5. The Bertz CT molecular complexity index is 655. The first kappa shape index (κ1) is 15.7. The Morgan fingerprint density at radius 2 is 1.52 bits per heavy atom. The lowest BCUT2D eigenvalue weighted by Crippen LogP contribution is -2.12. The number of hydrogen-bond acceptors (Lipinski definition) is 2. The van der Waals surface area contributed by atoms with Crippen LogP contribution in [0.5, 0.6) is 5.75 Å². The molecule has 0 atom stereocenters. The monoisotopic (exact) mass is 323 g/mol. The summed E-state index contributed by atoms with van der Waals surface area (Å²) in [5.41, 5.74) is 3.28. The van der Waals surface area contributed by atoms with Crippen LogP contribution in [0.1, 0.15) is 21.5 Å². The van der Waals surface area contributed by atoms with Crippen LogP contribution in [0.25, 0.3) is 0 Å². The molecule has 2 aromatic carbocycles. The Labute approximate surface area is 133 Å². The number of rotatable bonds is 3. The molecule has 0 heterocycles. The van der Waals surface area contributed by atoms with Gasteiger partial charge in [-0.3, -0.25) is 4.79 Å². The van der Waals surface area contributed by atoms with Gasteiger partial charge in [-0.1, -0.05) is 29.3 Å². The van der Waals surface area contributed by atoms with E-state index in [-0.39, 0.29) is 5.91 Å². The van der Waals surface area contributed by atoms with Crippen LogP contribution in [0.15, 0.2) is 30.3 Å². The highest BCUT2D eigenvalue weighted by Gasteiger charge is 2.13. The van der Waals surface area contributed by atoms with Gasteiger partial charge in [-0.05, 0) is 49.2 Å². The Balaban J connectivity index is 2.28. The normalized spacial score (nSPS) is 10.3. The summed E-state index contributed by atoms with van der Waals surface area (Å²) >= 11 is 12.1. The lowest BCUT2D eigenvalue weighted by Gasteiger charge is -2.10. The van der Waals surface area contributed by atoms with E-state index in [0.717, 1.165) is 16.8 Å². The van der Waals surface area contributed by atoms with Gasteiger partial charge >= 0.3 is 0 Å². The van der Waals surface area contributed by atoms with E-state index in [0.29, 0.717) is 21.4 Å². The molecule has 0 aliphatic heterocycles. The molecule has 2 rings (SSSR count). The lowest BCUT2D eigenvalue weighted by molar-refractivity contribution is 0.102. The summed E-state index contributed by atoms with van der Waals surface area (Å²) in [5, 5.41) is 3.44. The average Bonchev–Trinajstić information content (AvgIpc) is 2.36. The van der Waals surface area contributed by atoms with E-state index in [9.17, 15) is 4.79 Å². The minimum Gasteiger partial charge on any atom is -0.494 e. The second-order valence-corrected chi connectivity index (χ2v) is 5.62. The van der Waals surface area contributed by atoms with Crippen molar-refractivity contribution in [1.82, 2.24) is 0 Å². The van der Waals surface area contributed by atoms with Crippen molar-refractivity contribution in [3.63, 3.8) is 0 Å². The van der Waals surface area contributed by atoms with Gasteiger partial charge in [0.15, 0.2) is 5.75 Å². The number of amides is 1. The van der Waals surface area contributed by atoms with Crippen LogP contribution < -0.4 is 10.1 Å². The molecule has 21 heavy (non-hydrogen) atoms. The molecule has 0 bridgehead atoms. The molecule has 0 aliphatic rings. The van der Waals surface area contributed by atoms with Gasteiger partial charge in [-0.15, -0.1) is 0 Å². The largest absolute Gasteiger partial charge is 0.494 e. The smallest absolute Gasteiger partial charge is 0.255 e. The number of methoxy groups -OCH3 is 1. The van der Waals surface area contributed by atoms with Crippen molar-refractivity contribution in [2.75, 3.05) is 12.4 Å². The first-order chi connectivity index (χ1) is 9.90. The molecule has 0 aromatic heterocycles. The van der Waals surface area contributed by atoms with E-state index in [1.54, 1.807) is 0 Å². The number of ether oxygens (including phenoxy) is 1. The SMILES string of the molecule is COc1c(Cl)cc(C(=O)Nc2cc(C)cc(C)c2)cc1Cl. The summed E-state index contributed by atoms with van der Waals surface area (Å²) in [4.78, 5) is 12.3. The van der Waals surface area contributed by atoms with Crippen LogP contribution in [0, 0.1) is 13.8 Å². The van der Waals surface area contributed by atoms with Gasteiger partial charge in [0.25, 0.3) is 5.91 Å². The van der Waals surface area contributed by atoms with Gasteiger partial charge < -0.3 is 10.1 Å². The van der Waals surface area contributed by atoms with Crippen LogP contribution in [-0.2, 0) is 0 Å². The van der Waals surface area contributed by atoms with Crippen LogP contribution >= 0.6 is 23.2 Å². The van der Waals surface area contributed by atoms with Crippen molar-refractivity contribution >= 4 is 34.8 Å². The zero-order valence-electron chi connectivity index (χ0n) is 12.0. The number of carbonyl (C=O) groups excluding carboxylic acids is 1. The molecule has 0 saturated heterocycles. The third-order valence-corrected chi connectivity index (χ3v) is 3.51. The molecule has 110 valence electrons. The zero-order valence-corrected chi connectivity index (χ0v) is 13.5. The number of anilines is 1. The highest BCUT2D eigenvalue weighted by molar-refractivity contribution is 6.37. The standard InChI is InChI=1S/C16H15Cl2NO2/c1-9-4-10(2)6-12(5-9)19-16(20)11-7-13(17)15(21-3)14(18)8-11/h4-8H,1-3H3,(H,19,20). The number of halogens is 2. The first-order valence-electron chi connectivity index (χ1n) is 6.33. The Hall–Kier alpha value is -1.71.